The monoisotopic (exact) mass is 241 g/mol. The van der Waals surface area contributed by atoms with Gasteiger partial charge >= 0.3 is 11.9 Å². The first-order chi connectivity index (χ1) is 8.10. The molecule has 5 nitrogen and oxygen atoms in total. The van der Waals surface area contributed by atoms with Crippen LogP contribution < -0.4 is 0 Å². The summed E-state index contributed by atoms with van der Waals surface area (Å²) in [6.45, 7) is 8.13. The number of nitrogens with zero attached hydrogens (tertiary/aromatic N) is 1. The van der Waals surface area contributed by atoms with E-state index in [0.717, 1.165) is 0 Å². The summed E-state index contributed by atoms with van der Waals surface area (Å²) in [6, 6.07) is -0.677. The molecule has 0 bridgehead atoms. The molecule has 0 unspecified atom stereocenters. The van der Waals surface area contributed by atoms with Crippen LogP contribution >= 0.6 is 0 Å². The molecule has 0 radical (unpaired) electrons. The lowest BCUT2D eigenvalue weighted by Gasteiger charge is -2.26. The fourth-order valence-corrected chi connectivity index (χ4v) is 1.40. The number of hydrogen-bond acceptors (Lipinski definition) is 5. The largest absolute Gasteiger partial charge is 0.469 e. The molecule has 0 aliphatic carbocycles. The Labute approximate surface area is 102 Å². The number of rotatable bonds is 8. The number of hydrogen-bond donors (Lipinski definition) is 0. The van der Waals surface area contributed by atoms with Crippen LogP contribution in [0, 0.1) is 0 Å². The third-order valence-corrected chi connectivity index (χ3v) is 2.23. The molecule has 0 aliphatic rings. The number of carbonyl (C=O) groups is 2. The van der Waals surface area contributed by atoms with E-state index >= 15 is 0 Å². The Bertz CT molecular complexity index is 278. The summed E-state index contributed by atoms with van der Waals surface area (Å²) < 4.78 is 9.23. The predicted octanol–water partition coefficient (Wildman–Crippen LogP) is 0.765. The molecule has 0 aliphatic heterocycles. The standard InChI is InChI=1S/C12H19NO4/c1-5-7-13(8-6-2)10(12(15)17-4)9-11(14)16-3/h5-6,10H,1-2,7-9H2,3-4H3/t10-/m0/s1. The maximum Gasteiger partial charge on any atom is 0.323 e. The van der Waals surface area contributed by atoms with Crippen LogP contribution in [-0.4, -0.2) is 50.2 Å². The van der Waals surface area contributed by atoms with E-state index in [1.54, 1.807) is 17.1 Å². The minimum absolute atomic E-state index is 0.0507. The van der Waals surface area contributed by atoms with Crippen LogP contribution in [0.3, 0.4) is 0 Å². The Morgan fingerprint density at radius 1 is 1.18 bits per heavy atom. The molecule has 0 amide bonds. The van der Waals surface area contributed by atoms with Crippen LogP contribution in [0.15, 0.2) is 25.3 Å². The molecular weight excluding hydrogens is 222 g/mol. The van der Waals surface area contributed by atoms with Crippen molar-refractivity contribution in [2.45, 2.75) is 12.5 Å². The Morgan fingerprint density at radius 2 is 1.71 bits per heavy atom. The van der Waals surface area contributed by atoms with Crippen LogP contribution in [0.25, 0.3) is 0 Å². The first-order valence-corrected chi connectivity index (χ1v) is 5.21. The van der Waals surface area contributed by atoms with Crippen molar-refractivity contribution in [3.8, 4) is 0 Å². The molecular formula is C12H19NO4. The highest BCUT2D eigenvalue weighted by Gasteiger charge is 2.28. The highest BCUT2D eigenvalue weighted by atomic mass is 16.5. The van der Waals surface area contributed by atoms with Gasteiger partial charge in [0.1, 0.15) is 6.04 Å². The minimum Gasteiger partial charge on any atom is -0.469 e. The van der Waals surface area contributed by atoms with E-state index in [4.69, 9.17) is 0 Å². The van der Waals surface area contributed by atoms with Gasteiger partial charge in [0.25, 0.3) is 0 Å². The minimum atomic E-state index is -0.677. The maximum absolute atomic E-state index is 11.6. The molecule has 5 heteroatoms. The zero-order chi connectivity index (χ0) is 13.3. The molecule has 0 fully saturated rings. The van der Waals surface area contributed by atoms with Crippen molar-refractivity contribution in [2.75, 3.05) is 27.3 Å². The van der Waals surface area contributed by atoms with Gasteiger partial charge < -0.3 is 9.47 Å². The van der Waals surface area contributed by atoms with Gasteiger partial charge in [-0.05, 0) is 0 Å². The van der Waals surface area contributed by atoms with E-state index in [-0.39, 0.29) is 6.42 Å². The van der Waals surface area contributed by atoms with Gasteiger partial charge in [0.2, 0.25) is 0 Å². The van der Waals surface area contributed by atoms with Crippen molar-refractivity contribution >= 4 is 11.9 Å². The fourth-order valence-electron chi connectivity index (χ4n) is 1.40. The highest BCUT2D eigenvalue weighted by Crippen LogP contribution is 2.08. The summed E-state index contributed by atoms with van der Waals surface area (Å²) in [7, 11) is 2.56. The van der Waals surface area contributed by atoms with E-state index in [1.807, 2.05) is 0 Å². The van der Waals surface area contributed by atoms with Crippen molar-refractivity contribution in [3.05, 3.63) is 25.3 Å². The normalized spacial score (nSPS) is 11.7. The summed E-state index contributed by atoms with van der Waals surface area (Å²) in [4.78, 5) is 24.6. The summed E-state index contributed by atoms with van der Waals surface area (Å²) in [5.74, 6) is -0.933. The van der Waals surface area contributed by atoms with Crippen LogP contribution in [0.5, 0.6) is 0 Å². The highest BCUT2D eigenvalue weighted by molar-refractivity contribution is 5.82. The molecule has 0 spiro atoms. The second-order valence-corrected chi connectivity index (χ2v) is 3.35. The van der Waals surface area contributed by atoms with Gasteiger partial charge in [-0.15, -0.1) is 13.2 Å². The zero-order valence-corrected chi connectivity index (χ0v) is 10.3. The quantitative estimate of drug-likeness (QED) is 0.464. The molecule has 0 saturated carbocycles. The van der Waals surface area contributed by atoms with E-state index in [2.05, 4.69) is 22.6 Å². The third kappa shape index (κ3) is 5.31. The third-order valence-electron chi connectivity index (χ3n) is 2.23. The molecule has 96 valence electrons. The van der Waals surface area contributed by atoms with Gasteiger partial charge in [-0.2, -0.15) is 0 Å². The van der Waals surface area contributed by atoms with E-state index in [9.17, 15) is 9.59 Å². The number of carbonyl (C=O) groups excluding carboxylic acids is 2. The van der Waals surface area contributed by atoms with Crippen molar-refractivity contribution in [1.29, 1.82) is 0 Å². The van der Waals surface area contributed by atoms with E-state index in [0.29, 0.717) is 13.1 Å². The molecule has 0 aromatic heterocycles. The Morgan fingerprint density at radius 3 is 2.06 bits per heavy atom. The predicted molar refractivity (Wildman–Crippen MR) is 64.4 cm³/mol. The summed E-state index contributed by atoms with van der Waals surface area (Å²) in [5, 5.41) is 0. The maximum atomic E-state index is 11.6. The van der Waals surface area contributed by atoms with Crippen LogP contribution in [0.2, 0.25) is 0 Å². The first kappa shape index (κ1) is 15.4. The van der Waals surface area contributed by atoms with Crippen molar-refractivity contribution < 1.29 is 19.1 Å². The molecule has 0 heterocycles. The van der Waals surface area contributed by atoms with E-state index < -0.39 is 18.0 Å². The fraction of sp³-hybridized carbons (Fsp3) is 0.500. The second-order valence-electron chi connectivity index (χ2n) is 3.35. The van der Waals surface area contributed by atoms with Gasteiger partial charge in [-0.1, -0.05) is 12.2 Å². The smallest absolute Gasteiger partial charge is 0.323 e. The zero-order valence-electron chi connectivity index (χ0n) is 10.3. The van der Waals surface area contributed by atoms with Crippen molar-refractivity contribution in [2.24, 2.45) is 0 Å². The Kier molecular flexibility index (Phi) is 7.71. The van der Waals surface area contributed by atoms with Crippen molar-refractivity contribution in [3.63, 3.8) is 0 Å². The number of methoxy groups -OCH3 is 2. The Balaban J connectivity index is 4.82. The molecule has 0 N–H and O–H groups in total. The Hall–Kier alpha value is -1.62. The molecule has 0 saturated heterocycles. The summed E-state index contributed by atoms with van der Waals surface area (Å²) >= 11 is 0. The molecule has 0 aromatic carbocycles. The van der Waals surface area contributed by atoms with Crippen molar-refractivity contribution in [1.82, 2.24) is 4.90 Å². The van der Waals surface area contributed by atoms with Crippen LogP contribution in [0.1, 0.15) is 6.42 Å². The average molecular weight is 241 g/mol. The van der Waals surface area contributed by atoms with Gasteiger partial charge in [-0.3, -0.25) is 14.5 Å². The van der Waals surface area contributed by atoms with Crippen LogP contribution in [-0.2, 0) is 19.1 Å². The van der Waals surface area contributed by atoms with Crippen LogP contribution in [0.4, 0.5) is 0 Å². The summed E-state index contributed by atoms with van der Waals surface area (Å²) in [5.41, 5.74) is 0. The topological polar surface area (TPSA) is 55.8 Å². The average Bonchev–Trinajstić information content (AvgIpc) is 2.34. The van der Waals surface area contributed by atoms with Gasteiger partial charge in [0, 0.05) is 13.1 Å². The van der Waals surface area contributed by atoms with E-state index in [1.165, 1.54) is 14.2 Å². The first-order valence-electron chi connectivity index (χ1n) is 5.21. The molecule has 17 heavy (non-hydrogen) atoms. The SMILES string of the molecule is C=CCN(CC=C)[C@@H](CC(=O)OC)C(=O)OC. The molecule has 1 atom stereocenters. The molecule has 0 aromatic rings. The lowest BCUT2D eigenvalue weighted by Crippen LogP contribution is -2.43. The second kappa shape index (κ2) is 8.52. The van der Waals surface area contributed by atoms with Gasteiger partial charge in [0.05, 0.1) is 20.6 Å². The lowest BCUT2D eigenvalue weighted by molar-refractivity contribution is -0.153. The summed E-state index contributed by atoms with van der Waals surface area (Å²) in [6.07, 6.45) is 3.25. The number of ether oxygens (including phenoxy) is 2. The molecule has 0 rings (SSSR count). The van der Waals surface area contributed by atoms with Gasteiger partial charge in [-0.25, -0.2) is 0 Å². The van der Waals surface area contributed by atoms with Gasteiger partial charge in [0.15, 0.2) is 0 Å². The number of esters is 2. The lowest BCUT2D eigenvalue weighted by atomic mass is 10.1.